The molecule has 1 aromatic rings. The number of hydrogen-bond acceptors (Lipinski definition) is 2. The number of benzene rings is 1. The van der Waals surface area contributed by atoms with Crippen LogP contribution in [0, 0.1) is 0 Å². The van der Waals surface area contributed by atoms with Gasteiger partial charge in [-0.25, -0.2) is 0 Å². The van der Waals surface area contributed by atoms with Gasteiger partial charge in [0.15, 0.2) is 0 Å². The van der Waals surface area contributed by atoms with Crippen LogP contribution in [-0.2, 0) is 4.74 Å². The van der Waals surface area contributed by atoms with Crippen molar-refractivity contribution in [2.24, 2.45) is 0 Å². The maximum Gasteiger partial charge on any atom is 0.255 e. The number of ether oxygens (including phenoxy) is 1. The van der Waals surface area contributed by atoms with Crippen molar-refractivity contribution in [3.63, 3.8) is 0 Å². The third kappa shape index (κ3) is 3.54. The average molecular weight is 361 g/mol. The number of hydrogen-bond donors (Lipinski definition) is 0. The zero-order valence-electron chi connectivity index (χ0n) is 12.2. The van der Waals surface area contributed by atoms with E-state index in [0.29, 0.717) is 23.7 Å². The molecule has 5 heteroatoms. The van der Waals surface area contributed by atoms with Crippen LogP contribution in [0.25, 0.3) is 0 Å². The molecule has 0 spiro atoms. The van der Waals surface area contributed by atoms with Gasteiger partial charge in [0, 0.05) is 17.6 Å². The standard InChI is InChI=1S/C15H19BrClNO2/c1-14(2)8-18(9-15(3,4)20-14)13(19)11-7-10(16)5-6-12(11)17/h5-7H,8-9H2,1-4H3. The smallest absolute Gasteiger partial charge is 0.255 e. The van der Waals surface area contributed by atoms with Gasteiger partial charge in [-0.05, 0) is 45.9 Å². The zero-order valence-corrected chi connectivity index (χ0v) is 14.5. The largest absolute Gasteiger partial charge is 0.366 e. The van der Waals surface area contributed by atoms with E-state index in [9.17, 15) is 4.79 Å². The van der Waals surface area contributed by atoms with E-state index in [0.717, 1.165) is 4.47 Å². The Morgan fingerprint density at radius 3 is 2.35 bits per heavy atom. The second-order valence-electron chi connectivity index (χ2n) is 6.41. The van der Waals surface area contributed by atoms with E-state index in [1.165, 1.54) is 0 Å². The van der Waals surface area contributed by atoms with Gasteiger partial charge in [0.1, 0.15) is 0 Å². The summed E-state index contributed by atoms with van der Waals surface area (Å²) in [6, 6.07) is 5.32. The van der Waals surface area contributed by atoms with E-state index >= 15 is 0 Å². The second kappa shape index (κ2) is 5.32. The molecule has 3 nitrogen and oxygen atoms in total. The summed E-state index contributed by atoms with van der Waals surface area (Å²) in [6.07, 6.45) is 0. The fraction of sp³-hybridized carbons (Fsp3) is 0.533. The first-order chi connectivity index (χ1) is 9.10. The molecule has 0 saturated carbocycles. The first kappa shape index (κ1) is 15.8. The van der Waals surface area contributed by atoms with Crippen LogP contribution in [0.1, 0.15) is 38.1 Å². The SMILES string of the molecule is CC1(C)CN(C(=O)c2cc(Br)ccc2Cl)CC(C)(C)O1. The van der Waals surface area contributed by atoms with Gasteiger partial charge in [0.25, 0.3) is 5.91 Å². The minimum atomic E-state index is -0.365. The zero-order chi connectivity index (χ0) is 15.1. The Morgan fingerprint density at radius 1 is 1.25 bits per heavy atom. The molecule has 20 heavy (non-hydrogen) atoms. The Balaban J connectivity index is 2.31. The summed E-state index contributed by atoms with van der Waals surface area (Å²) in [5, 5.41) is 0.473. The topological polar surface area (TPSA) is 29.5 Å². The minimum absolute atomic E-state index is 0.0549. The lowest BCUT2D eigenvalue weighted by Gasteiger charge is -2.47. The molecule has 0 bridgehead atoms. The third-order valence-electron chi connectivity index (χ3n) is 3.14. The summed E-state index contributed by atoms with van der Waals surface area (Å²) in [5.41, 5.74) is -0.208. The monoisotopic (exact) mass is 359 g/mol. The molecule has 2 rings (SSSR count). The molecule has 1 heterocycles. The quantitative estimate of drug-likeness (QED) is 0.753. The fourth-order valence-corrected chi connectivity index (χ4v) is 3.32. The van der Waals surface area contributed by atoms with Crippen LogP contribution in [0.4, 0.5) is 0 Å². The molecule has 1 fully saturated rings. The van der Waals surface area contributed by atoms with Crippen LogP contribution in [-0.4, -0.2) is 35.1 Å². The predicted octanol–water partition coefficient (Wildman–Crippen LogP) is 4.13. The summed E-state index contributed by atoms with van der Waals surface area (Å²) in [6.45, 7) is 9.09. The van der Waals surface area contributed by atoms with Gasteiger partial charge in [-0.2, -0.15) is 0 Å². The highest BCUT2D eigenvalue weighted by atomic mass is 79.9. The number of carbonyl (C=O) groups excluding carboxylic acids is 1. The average Bonchev–Trinajstić information content (AvgIpc) is 2.27. The van der Waals surface area contributed by atoms with Crippen molar-refractivity contribution in [2.75, 3.05) is 13.1 Å². The van der Waals surface area contributed by atoms with Gasteiger partial charge in [0.05, 0.1) is 21.8 Å². The molecule has 0 N–H and O–H groups in total. The van der Waals surface area contributed by atoms with Crippen molar-refractivity contribution in [3.05, 3.63) is 33.3 Å². The van der Waals surface area contributed by atoms with E-state index in [-0.39, 0.29) is 17.1 Å². The first-order valence-corrected chi connectivity index (χ1v) is 7.71. The van der Waals surface area contributed by atoms with Gasteiger partial charge >= 0.3 is 0 Å². The molecule has 110 valence electrons. The number of morpholine rings is 1. The summed E-state index contributed by atoms with van der Waals surface area (Å²) >= 11 is 9.53. The predicted molar refractivity (Wildman–Crippen MR) is 84.3 cm³/mol. The highest BCUT2D eigenvalue weighted by Gasteiger charge is 2.40. The van der Waals surface area contributed by atoms with Crippen LogP contribution in [0.15, 0.2) is 22.7 Å². The molecule has 1 aliphatic heterocycles. The lowest BCUT2D eigenvalue weighted by atomic mass is 9.98. The highest BCUT2D eigenvalue weighted by Crippen LogP contribution is 2.30. The van der Waals surface area contributed by atoms with Gasteiger partial charge in [-0.1, -0.05) is 27.5 Å². The van der Waals surface area contributed by atoms with E-state index in [1.54, 1.807) is 12.1 Å². The van der Waals surface area contributed by atoms with Crippen molar-refractivity contribution >= 4 is 33.4 Å². The van der Waals surface area contributed by atoms with Gasteiger partial charge in [-0.15, -0.1) is 0 Å². The summed E-state index contributed by atoms with van der Waals surface area (Å²) in [5.74, 6) is -0.0549. The number of nitrogens with zero attached hydrogens (tertiary/aromatic N) is 1. The number of carbonyl (C=O) groups is 1. The van der Waals surface area contributed by atoms with Crippen LogP contribution >= 0.6 is 27.5 Å². The lowest BCUT2D eigenvalue weighted by molar-refractivity contribution is -0.171. The van der Waals surface area contributed by atoms with Crippen molar-refractivity contribution < 1.29 is 9.53 Å². The Kier molecular flexibility index (Phi) is 4.20. The molecule has 1 amide bonds. The summed E-state index contributed by atoms with van der Waals surface area (Å²) < 4.78 is 6.84. The second-order valence-corrected chi connectivity index (χ2v) is 7.73. The normalized spacial score (nSPS) is 20.8. The molecule has 0 unspecified atom stereocenters. The van der Waals surface area contributed by atoms with E-state index < -0.39 is 0 Å². The van der Waals surface area contributed by atoms with E-state index in [1.807, 2.05) is 38.7 Å². The maximum atomic E-state index is 12.7. The van der Waals surface area contributed by atoms with E-state index in [4.69, 9.17) is 16.3 Å². The van der Waals surface area contributed by atoms with Crippen LogP contribution < -0.4 is 0 Å². The molecule has 0 atom stereocenters. The third-order valence-corrected chi connectivity index (χ3v) is 3.96. The summed E-state index contributed by atoms with van der Waals surface area (Å²) in [4.78, 5) is 14.5. The molecular weight excluding hydrogens is 342 g/mol. The first-order valence-electron chi connectivity index (χ1n) is 6.54. The minimum Gasteiger partial charge on any atom is -0.366 e. The van der Waals surface area contributed by atoms with Crippen molar-refractivity contribution in [1.29, 1.82) is 0 Å². The van der Waals surface area contributed by atoms with Crippen LogP contribution in [0.2, 0.25) is 5.02 Å². The van der Waals surface area contributed by atoms with Crippen molar-refractivity contribution in [2.45, 2.75) is 38.9 Å². The molecule has 0 radical (unpaired) electrons. The molecule has 0 aromatic heterocycles. The fourth-order valence-electron chi connectivity index (χ4n) is 2.76. The molecular formula is C15H19BrClNO2. The molecule has 1 saturated heterocycles. The van der Waals surface area contributed by atoms with Crippen LogP contribution in [0.3, 0.4) is 0 Å². The van der Waals surface area contributed by atoms with Gasteiger partial charge in [0.2, 0.25) is 0 Å². The molecule has 0 aliphatic carbocycles. The number of amides is 1. The van der Waals surface area contributed by atoms with Crippen LogP contribution in [0.5, 0.6) is 0 Å². The Morgan fingerprint density at radius 2 is 1.80 bits per heavy atom. The maximum absolute atomic E-state index is 12.7. The van der Waals surface area contributed by atoms with Gasteiger partial charge in [-0.3, -0.25) is 4.79 Å². The van der Waals surface area contributed by atoms with Crippen molar-refractivity contribution in [1.82, 2.24) is 4.90 Å². The lowest BCUT2D eigenvalue weighted by Crippen LogP contribution is -2.58. The number of rotatable bonds is 1. The Labute approximate surface area is 133 Å². The molecule has 1 aromatic carbocycles. The Hall–Kier alpha value is -0.580. The van der Waals surface area contributed by atoms with Gasteiger partial charge < -0.3 is 9.64 Å². The van der Waals surface area contributed by atoms with E-state index in [2.05, 4.69) is 15.9 Å². The highest BCUT2D eigenvalue weighted by molar-refractivity contribution is 9.10. The number of halogens is 2. The summed E-state index contributed by atoms with van der Waals surface area (Å²) in [7, 11) is 0. The Bertz CT molecular complexity index is 527. The molecule has 1 aliphatic rings. The van der Waals surface area contributed by atoms with Crippen molar-refractivity contribution in [3.8, 4) is 0 Å².